The molecule has 1 N–H and O–H groups in total. The Morgan fingerprint density at radius 2 is 2.25 bits per heavy atom. The Balaban J connectivity index is 2.77. The highest BCUT2D eigenvalue weighted by Crippen LogP contribution is 2.21. The smallest absolute Gasteiger partial charge is 0.304 e. The number of hydrogen-bond acceptors (Lipinski definition) is 3. The number of hydrogen-bond donors (Lipinski definition) is 1. The van der Waals surface area contributed by atoms with E-state index in [1.54, 1.807) is 0 Å². The Morgan fingerprint density at radius 3 is 2.75 bits per heavy atom. The predicted molar refractivity (Wildman–Crippen MR) is 61.0 cm³/mol. The first-order valence-electron chi connectivity index (χ1n) is 5.25. The Bertz CT molecular complexity index is 382. The molecule has 1 unspecified atom stereocenters. The maximum Gasteiger partial charge on any atom is 0.304 e. The molecule has 0 aliphatic carbocycles. The van der Waals surface area contributed by atoms with Gasteiger partial charge in [-0.1, -0.05) is 13.3 Å². The molecule has 0 bridgehead atoms. The third kappa shape index (κ3) is 3.18. The van der Waals surface area contributed by atoms with E-state index in [0.717, 1.165) is 18.9 Å². The van der Waals surface area contributed by atoms with Gasteiger partial charge in [0.2, 0.25) is 5.82 Å². The zero-order chi connectivity index (χ0) is 12.1. The monoisotopic (exact) mass is 226 g/mol. The SMILES string of the molecule is CCCC(C)Nc1ccc([N+](=O)[O-])c(F)c1. The quantitative estimate of drug-likeness (QED) is 0.618. The summed E-state index contributed by atoms with van der Waals surface area (Å²) in [5.41, 5.74) is 0.0812. The van der Waals surface area contributed by atoms with Crippen LogP contribution in [0.15, 0.2) is 18.2 Å². The molecular formula is C11H15FN2O2. The molecule has 1 rings (SSSR count). The highest BCUT2D eigenvalue weighted by molar-refractivity contribution is 5.50. The number of nitro benzene ring substituents is 1. The molecule has 0 aromatic heterocycles. The Labute approximate surface area is 93.6 Å². The minimum atomic E-state index is -0.807. The third-order valence-corrected chi connectivity index (χ3v) is 2.28. The Morgan fingerprint density at radius 1 is 1.56 bits per heavy atom. The van der Waals surface area contributed by atoms with Gasteiger partial charge >= 0.3 is 5.69 Å². The fraction of sp³-hybridized carbons (Fsp3) is 0.455. The molecule has 5 heteroatoms. The lowest BCUT2D eigenvalue weighted by molar-refractivity contribution is -0.387. The summed E-state index contributed by atoms with van der Waals surface area (Å²) in [5, 5.41) is 13.5. The molecule has 0 fully saturated rings. The summed E-state index contributed by atoms with van der Waals surface area (Å²) >= 11 is 0. The molecule has 1 atom stereocenters. The van der Waals surface area contributed by atoms with E-state index in [1.165, 1.54) is 12.1 Å². The van der Waals surface area contributed by atoms with Crippen molar-refractivity contribution in [1.29, 1.82) is 0 Å². The van der Waals surface area contributed by atoms with Gasteiger partial charge in [-0.2, -0.15) is 4.39 Å². The topological polar surface area (TPSA) is 55.2 Å². The van der Waals surface area contributed by atoms with Gasteiger partial charge in [-0.25, -0.2) is 0 Å². The van der Waals surface area contributed by atoms with Gasteiger partial charge in [0.1, 0.15) is 0 Å². The summed E-state index contributed by atoms with van der Waals surface area (Å²) in [4.78, 5) is 9.68. The van der Waals surface area contributed by atoms with Gasteiger partial charge in [-0.05, 0) is 19.4 Å². The lowest BCUT2D eigenvalue weighted by Crippen LogP contribution is -2.14. The van der Waals surface area contributed by atoms with Gasteiger partial charge in [-0.3, -0.25) is 10.1 Å². The van der Waals surface area contributed by atoms with Crippen molar-refractivity contribution in [2.45, 2.75) is 32.7 Å². The summed E-state index contributed by atoms with van der Waals surface area (Å²) in [7, 11) is 0. The fourth-order valence-electron chi connectivity index (χ4n) is 1.53. The molecule has 0 amide bonds. The first-order valence-corrected chi connectivity index (χ1v) is 5.25. The normalized spacial score (nSPS) is 12.2. The molecule has 0 aliphatic rings. The first-order chi connectivity index (χ1) is 7.54. The fourth-order valence-corrected chi connectivity index (χ4v) is 1.53. The van der Waals surface area contributed by atoms with E-state index in [9.17, 15) is 14.5 Å². The van der Waals surface area contributed by atoms with Crippen LogP contribution in [0.3, 0.4) is 0 Å². The van der Waals surface area contributed by atoms with Crippen LogP contribution in [0, 0.1) is 15.9 Å². The van der Waals surface area contributed by atoms with Crippen LogP contribution in [0.4, 0.5) is 15.8 Å². The lowest BCUT2D eigenvalue weighted by atomic mass is 10.2. The molecule has 4 nitrogen and oxygen atoms in total. The average Bonchev–Trinajstić information content (AvgIpc) is 2.17. The minimum absolute atomic E-state index is 0.228. The number of halogens is 1. The summed E-state index contributed by atoms with van der Waals surface area (Å²) in [5.74, 6) is -0.807. The number of nitrogens with zero attached hydrogens (tertiary/aromatic N) is 1. The van der Waals surface area contributed by atoms with E-state index in [1.807, 2.05) is 6.92 Å². The highest BCUT2D eigenvalue weighted by atomic mass is 19.1. The van der Waals surface area contributed by atoms with Gasteiger partial charge in [0.25, 0.3) is 0 Å². The molecule has 1 aromatic rings. The average molecular weight is 226 g/mol. The molecule has 0 radical (unpaired) electrons. The van der Waals surface area contributed by atoms with Crippen molar-refractivity contribution >= 4 is 11.4 Å². The van der Waals surface area contributed by atoms with E-state index in [2.05, 4.69) is 12.2 Å². The van der Waals surface area contributed by atoms with Crippen molar-refractivity contribution < 1.29 is 9.31 Å². The minimum Gasteiger partial charge on any atom is -0.383 e. The number of benzene rings is 1. The van der Waals surface area contributed by atoms with Crippen LogP contribution in [-0.2, 0) is 0 Å². The summed E-state index contributed by atoms with van der Waals surface area (Å²) in [6.07, 6.45) is 2.00. The predicted octanol–water partition coefficient (Wildman–Crippen LogP) is 3.33. The van der Waals surface area contributed by atoms with Crippen LogP contribution in [0.2, 0.25) is 0 Å². The molecule has 0 saturated carbocycles. The highest BCUT2D eigenvalue weighted by Gasteiger charge is 2.14. The number of rotatable bonds is 5. The van der Waals surface area contributed by atoms with Crippen molar-refractivity contribution in [3.8, 4) is 0 Å². The standard InChI is InChI=1S/C11H15FN2O2/c1-3-4-8(2)13-9-5-6-11(14(15)16)10(12)7-9/h5-8,13H,3-4H2,1-2H3. The number of nitrogens with one attached hydrogen (secondary N) is 1. The van der Waals surface area contributed by atoms with Gasteiger partial charge in [0.15, 0.2) is 0 Å². The zero-order valence-corrected chi connectivity index (χ0v) is 9.37. The number of nitro groups is 1. The number of anilines is 1. The first kappa shape index (κ1) is 12.4. The summed E-state index contributed by atoms with van der Waals surface area (Å²) < 4.78 is 13.3. The second-order valence-corrected chi connectivity index (χ2v) is 3.76. The second-order valence-electron chi connectivity index (χ2n) is 3.76. The van der Waals surface area contributed by atoms with Crippen molar-refractivity contribution in [1.82, 2.24) is 0 Å². The van der Waals surface area contributed by atoms with Crippen molar-refractivity contribution in [3.05, 3.63) is 34.1 Å². The van der Waals surface area contributed by atoms with Crippen LogP contribution in [-0.4, -0.2) is 11.0 Å². The van der Waals surface area contributed by atoms with Crippen molar-refractivity contribution in [2.24, 2.45) is 0 Å². The second kappa shape index (κ2) is 5.44. The van der Waals surface area contributed by atoms with Crippen molar-refractivity contribution in [2.75, 3.05) is 5.32 Å². The summed E-state index contributed by atoms with van der Waals surface area (Å²) in [6.45, 7) is 4.05. The van der Waals surface area contributed by atoms with Gasteiger partial charge in [-0.15, -0.1) is 0 Å². The van der Waals surface area contributed by atoms with E-state index < -0.39 is 16.4 Å². The van der Waals surface area contributed by atoms with E-state index in [-0.39, 0.29) is 6.04 Å². The van der Waals surface area contributed by atoms with Gasteiger partial charge in [0, 0.05) is 23.9 Å². The Hall–Kier alpha value is -1.65. The third-order valence-electron chi connectivity index (χ3n) is 2.28. The molecule has 0 heterocycles. The van der Waals surface area contributed by atoms with Crippen LogP contribution >= 0.6 is 0 Å². The molecule has 16 heavy (non-hydrogen) atoms. The lowest BCUT2D eigenvalue weighted by Gasteiger charge is -2.13. The molecule has 0 spiro atoms. The van der Waals surface area contributed by atoms with Crippen molar-refractivity contribution in [3.63, 3.8) is 0 Å². The molecule has 0 saturated heterocycles. The molecule has 0 aliphatic heterocycles. The van der Waals surface area contributed by atoms with Crippen LogP contribution in [0.25, 0.3) is 0 Å². The van der Waals surface area contributed by atoms with Crippen LogP contribution < -0.4 is 5.32 Å². The van der Waals surface area contributed by atoms with E-state index >= 15 is 0 Å². The zero-order valence-electron chi connectivity index (χ0n) is 9.37. The maximum absolute atomic E-state index is 13.3. The summed E-state index contributed by atoms with van der Waals surface area (Å²) in [6, 6.07) is 4.08. The molecule has 88 valence electrons. The van der Waals surface area contributed by atoms with Crippen LogP contribution in [0.5, 0.6) is 0 Å². The maximum atomic E-state index is 13.3. The van der Waals surface area contributed by atoms with Gasteiger partial charge < -0.3 is 5.32 Å². The van der Waals surface area contributed by atoms with E-state index in [4.69, 9.17) is 0 Å². The van der Waals surface area contributed by atoms with E-state index in [0.29, 0.717) is 5.69 Å². The van der Waals surface area contributed by atoms with Gasteiger partial charge in [0.05, 0.1) is 4.92 Å². The Kier molecular flexibility index (Phi) is 4.22. The molecular weight excluding hydrogens is 211 g/mol. The van der Waals surface area contributed by atoms with Crippen LogP contribution in [0.1, 0.15) is 26.7 Å². The largest absolute Gasteiger partial charge is 0.383 e. The molecule has 1 aromatic carbocycles.